The van der Waals surface area contributed by atoms with E-state index in [9.17, 15) is 13.6 Å². The number of ether oxygens (including phenoxy) is 1. The van der Waals surface area contributed by atoms with E-state index >= 15 is 0 Å². The topological polar surface area (TPSA) is 88.2 Å². The molecule has 0 heterocycles. The van der Waals surface area contributed by atoms with E-state index in [0.29, 0.717) is 0 Å². The van der Waals surface area contributed by atoms with E-state index in [-0.39, 0.29) is 29.6 Å². The van der Waals surface area contributed by atoms with Gasteiger partial charge >= 0.3 is 6.61 Å². The molecule has 0 fully saturated rings. The number of para-hydroxylation sites is 1. The minimum absolute atomic E-state index is 0.0204. The number of alkyl halides is 2. The molecule has 0 aromatic heterocycles. The molecule has 21 heavy (non-hydrogen) atoms. The van der Waals surface area contributed by atoms with Crippen LogP contribution in [0.15, 0.2) is 29.4 Å². The second-order valence-corrected chi connectivity index (χ2v) is 4.49. The Morgan fingerprint density at radius 1 is 1.48 bits per heavy atom. The Labute approximate surface area is 120 Å². The lowest BCUT2D eigenvalue weighted by molar-refractivity contribution is -0.0502. The maximum absolute atomic E-state index is 12.3. The maximum Gasteiger partial charge on any atom is 0.387 e. The zero-order chi connectivity index (χ0) is 16.0. The largest absolute Gasteiger partial charge is 0.434 e. The number of hydrogen-bond donors (Lipinski definition) is 2. The number of halogens is 2. The van der Waals surface area contributed by atoms with Crippen molar-refractivity contribution in [2.24, 2.45) is 16.8 Å². The number of amides is 1. The van der Waals surface area contributed by atoms with Crippen LogP contribution in [0.4, 0.5) is 8.78 Å². The third-order valence-electron chi connectivity index (χ3n) is 2.85. The van der Waals surface area contributed by atoms with Crippen molar-refractivity contribution in [3.05, 3.63) is 29.8 Å². The summed E-state index contributed by atoms with van der Waals surface area (Å²) in [5.74, 6) is -1.09. The van der Waals surface area contributed by atoms with Crippen molar-refractivity contribution < 1.29 is 23.5 Å². The van der Waals surface area contributed by atoms with E-state index in [1.807, 2.05) is 0 Å². The third kappa shape index (κ3) is 4.59. The summed E-state index contributed by atoms with van der Waals surface area (Å²) in [6.07, 6.45) is 0. The number of oxime groups is 1. The van der Waals surface area contributed by atoms with E-state index in [1.165, 1.54) is 30.1 Å². The summed E-state index contributed by atoms with van der Waals surface area (Å²) in [5, 5.41) is 11.4. The number of benzene rings is 1. The number of amidine groups is 1. The second-order valence-electron chi connectivity index (χ2n) is 4.49. The fourth-order valence-corrected chi connectivity index (χ4v) is 1.73. The van der Waals surface area contributed by atoms with Crippen molar-refractivity contribution in [3.63, 3.8) is 0 Å². The molecule has 0 bridgehead atoms. The molecule has 1 aromatic rings. The fraction of sp³-hybridized carbons (Fsp3) is 0.385. The molecule has 0 radical (unpaired) electrons. The molecule has 1 aromatic carbocycles. The van der Waals surface area contributed by atoms with E-state index < -0.39 is 12.5 Å². The first-order valence-corrected chi connectivity index (χ1v) is 6.13. The van der Waals surface area contributed by atoms with Crippen molar-refractivity contribution in [2.75, 3.05) is 13.6 Å². The van der Waals surface area contributed by atoms with Crippen molar-refractivity contribution in [1.29, 1.82) is 0 Å². The predicted octanol–water partition coefficient (Wildman–Crippen LogP) is 1.74. The zero-order valence-electron chi connectivity index (χ0n) is 11.7. The molecule has 1 atom stereocenters. The number of carbonyl (C=O) groups excluding carboxylic acids is 1. The molecule has 0 saturated carbocycles. The Morgan fingerprint density at radius 3 is 2.67 bits per heavy atom. The Bertz CT molecular complexity index is 523. The van der Waals surface area contributed by atoms with Crippen molar-refractivity contribution >= 4 is 11.7 Å². The van der Waals surface area contributed by atoms with Crippen molar-refractivity contribution in [3.8, 4) is 5.75 Å². The Kier molecular flexibility index (Phi) is 5.89. The first-order chi connectivity index (χ1) is 9.86. The standard InChI is InChI=1S/C13H17F2N3O3/c1-8(11(16)17-20)7-18(2)12(19)9-5-3-4-6-10(9)21-13(14)15/h3-6,8,13,20H,7H2,1-2H3,(H2,16,17). The molecule has 3 N–H and O–H groups in total. The van der Waals surface area contributed by atoms with Gasteiger partial charge in [-0.3, -0.25) is 4.79 Å². The number of carbonyl (C=O) groups is 1. The molecule has 1 rings (SSSR count). The minimum Gasteiger partial charge on any atom is -0.434 e. The lowest BCUT2D eigenvalue weighted by Crippen LogP contribution is -2.36. The van der Waals surface area contributed by atoms with Gasteiger partial charge in [0.05, 0.1) is 5.56 Å². The lowest BCUT2D eigenvalue weighted by Gasteiger charge is -2.22. The molecule has 1 unspecified atom stereocenters. The highest BCUT2D eigenvalue weighted by Gasteiger charge is 2.21. The SMILES string of the molecule is CC(CN(C)C(=O)c1ccccc1OC(F)F)C(N)=NO. The summed E-state index contributed by atoms with van der Waals surface area (Å²) in [4.78, 5) is 13.5. The predicted molar refractivity (Wildman–Crippen MR) is 72.6 cm³/mol. The van der Waals surface area contributed by atoms with Crippen LogP contribution in [0.1, 0.15) is 17.3 Å². The van der Waals surface area contributed by atoms with Crippen LogP contribution in [0.5, 0.6) is 5.75 Å². The van der Waals surface area contributed by atoms with Gasteiger partial charge in [0.25, 0.3) is 5.91 Å². The van der Waals surface area contributed by atoms with Crippen molar-refractivity contribution in [1.82, 2.24) is 4.90 Å². The van der Waals surface area contributed by atoms with Gasteiger partial charge in [-0.2, -0.15) is 8.78 Å². The molecule has 0 aliphatic rings. The molecule has 116 valence electrons. The highest BCUT2D eigenvalue weighted by atomic mass is 19.3. The molecule has 0 spiro atoms. The highest BCUT2D eigenvalue weighted by molar-refractivity contribution is 5.97. The summed E-state index contributed by atoms with van der Waals surface area (Å²) >= 11 is 0. The molecule has 8 heteroatoms. The van der Waals surface area contributed by atoms with Crippen LogP contribution in [0.2, 0.25) is 0 Å². The molecule has 0 saturated heterocycles. The van der Waals surface area contributed by atoms with Crippen LogP contribution in [0.25, 0.3) is 0 Å². The van der Waals surface area contributed by atoms with Crippen LogP contribution >= 0.6 is 0 Å². The molecular formula is C13H17F2N3O3. The van der Waals surface area contributed by atoms with E-state index in [4.69, 9.17) is 10.9 Å². The average Bonchev–Trinajstić information content (AvgIpc) is 2.45. The van der Waals surface area contributed by atoms with Gasteiger partial charge in [0.15, 0.2) is 0 Å². The smallest absolute Gasteiger partial charge is 0.387 e. The maximum atomic E-state index is 12.3. The van der Waals surface area contributed by atoms with Crippen LogP contribution in [0.3, 0.4) is 0 Å². The van der Waals surface area contributed by atoms with Gasteiger partial charge in [-0.1, -0.05) is 24.2 Å². The van der Waals surface area contributed by atoms with E-state index in [0.717, 1.165) is 0 Å². The first kappa shape index (κ1) is 16.7. The van der Waals surface area contributed by atoms with Crippen molar-refractivity contribution in [2.45, 2.75) is 13.5 Å². The summed E-state index contributed by atoms with van der Waals surface area (Å²) in [6, 6.07) is 5.73. The summed E-state index contributed by atoms with van der Waals surface area (Å²) in [6.45, 7) is -1.18. The summed E-state index contributed by atoms with van der Waals surface area (Å²) < 4.78 is 29.0. The van der Waals surface area contributed by atoms with Crippen LogP contribution < -0.4 is 10.5 Å². The molecule has 1 amide bonds. The van der Waals surface area contributed by atoms with Gasteiger partial charge in [-0.25, -0.2) is 0 Å². The van der Waals surface area contributed by atoms with Gasteiger partial charge in [-0.05, 0) is 12.1 Å². The number of hydrogen-bond acceptors (Lipinski definition) is 4. The highest BCUT2D eigenvalue weighted by Crippen LogP contribution is 2.21. The quantitative estimate of drug-likeness (QED) is 0.362. The Hall–Kier alpha value is -2.38. The molecule has 6 nitrogen and oxygen atoms in total. The van der Waals surface area contributed by atoms with Crippen LogP contribution in [0, 0.1) is 5.92 Å². The second kappa shape index (κ2) is 7.41. The van der Waals surface area contributed by atoms with Crippen LogP contribution in [-0.4, -0.2) is 42.1 Å². The average molecular weight is 301 g/mol. The normalized spacial score (nSPS) is 13.1. The third-order valence-corrected chi connectivity index (χ3v) is 2.85. The summed E-state index contributed by atoms with van der Waals surface area (Å²) in [7, 11) is 1.49. The first-order valence-electron chi connectivity index (χ1n) is 6.13. The van der Waals surface area contributed by atoms with E-state index in [2.05, 4.69) is 9.89 Å². The zero-order valence-corrected chi connectivity index (χ0v) is 11.7. The number of nitrogens with two attached hydrogens (primary N) is 1. The fourth-order valence-electron chi connectivity index (χ4n) is 1.73. The molecule has 0 aliphatic heterocycles. The molecular weight excluding hydrogens is 284 g/mol. The van der Waals surface area contributed by atoms with E-state index in [1.54, 1.807) is 13.0 Å². The Morgan fingerprint density at radius 2 is 2.10 bits per heavy atom. The van der Waals surface area contributed by atoms with Gasteiger partial charge in [0, 0.05) is 19.5 Å². The molecule has 0 aliphatic carbocycles. The van der Waals surface area contributed by atoms with Gasteiger partial charge in [0.2, 0.25) is 0 Å². The van der Waals surface area contributed by atoms with Crippen LogP contribution in [-0.2, 0) is 0 Å². The van der Waals surface area contributed by atoms with Gasteiger partial charge in [-0.15, -0.1) is 0 Å². The number of rotatable bonds is 6. The summed E-state index contributed by atoms with van der Waals surface area (Å²) in [5.41, 5.74) is 5.46. The van der Waals surface area contributed by atoms with Gasteiger partial charge < -0.3 is 20.6 Å². The number of nitrogens with zero attached hydrogens (tertiary/aromatic N) is 2. The monoisotopic (exact) mass is 301 g/mol. The lowest BCUT2D eigenvalue weighted by atomic mass is 10.1. The minimum atomic E-state index is -3.01. The van der Waals surface area contributed by atoms with Gasteiger partial charge in [0.1, 0.15) is 11.6 Å². The Balaban J connectivity index is 2.88.